The fourth-order valence-electron chi connectivity index (χ4n) is 2.61. The highest BCUT2D eigenvalue weighted by atomic mass is 19.1. The van der Waals surface area contributed by atoms with Crippen LogP contribution in [-0.2, 0) is 6.54 Å². The van der Waals surface area contributed by atoms with Crippen molar-refractivity contribution in [1.82, 2.24) is 4.90 Å². The van der Waals surface area contributed by atoms with Gasteiger partial charge in [0.2, 0.25) is 0 Å². The van der Waals surface area contributed by atoms with Crippen LogP contribution >= 0.6 is 0 Å². The molecule has 0 bridgehead atoms. The number of piperidine rings is 1. The van der Waals surface area contributed by atoms with Crippen molar-refractivity contribution in [1.29, 1.82) is 0 Å². The van der Waals surface area contributed by atoms with Crippen molar-refractivity contribution in [2.75, 3.05) is 6.54 Å². The number of hydrogen-bond acceptors (Lipinski definition) is 2. The molecule has 2 nitrogen and oxygen atoms in total. The van der Waals surface area contributed by atoms with Crippen LogP contribution in [0.4, 0.5) is 4.39 Å². The van der Waals surface area contributed by atoms with Gasteiger partial charge in [0.15, 0.2) is 11.6 Å². The van der Waals surface area contributed by atoms with E-state index in [1.165, 1.54) is 31.4 Å². The normalized spacial score (nSPS) is 21.6. The van der Waals surface area contributed by atoms with Crippen LogP contribution in [-0.4, -0.2) is 22.6 Å². The minimum Gasteiger partial charge on any atom is -0.505 e. The molecule has 1 saturated heterocycles. The second-order valence-electron chi connectivity index (χ2n) is 4.81. The summed E-state index contributed by atoms with van der Waals surface area (Å²) >= 11 is 0. The zero-order chi connectivity index (χ0) is 12.3. The highest BCUT2D eigenvalue weighted by molar-refractivity contribution is 5.28. The summed E-state index contributed by atoms with van der Waals surface area (Å²) in [5.74, 6) is -0.785. The number of hydrogen-bond donors (Lipinski definition) is 1. The number of likely N-dealkylation sites (tertiary alicyclic amines) is 1. The van der Waals surface area contributed by atoms with Crippen LogP contribution in [0, 0.1) is 5.82 Å². The number of aromatic hydroxyl groups is 1. The molecule has 17 heavy (non-hydrogen) atoms. The highest BCUT2D eigenvalue weighted by Gasteiger charge is 2.20. The standard InChI is InChI=1S/C14H20FNO/c1-2-12-5-3-4-8-16(12)10-11-6-7-14(17)13(15)9-11/h6-7,9,12,17H,2-5,8,10H2,1H3. The fraction of sp³-hybridized carbons (Fsp3) is 0.571. The molecular weight excluding hydrogens is 217 g/mol. The lowest BCUT2D eigenvalue weighted by Gasteiger charge is -2.35. The predicted octanol–water partition coefficient (Wildman–Crippen LogP) is 3.30. The molecular formula is C14H20FNO. The molecule has 2 rings (SSSR count). The molecule has 0 saturated carbocycles. The molecule has 94 valence electrons. The van der Waals surface area contributed by atoms with E-state index in [2.05, 4.69) is 11.8 Å². The van der Waals surface area contributed by atoms with Crippen LogP contribution in [0.15, 0.2) is 18.2 Å². The predicted molar refractivity (Wildman–Crippen MR) is 66.4 cm³/mol. The van der Waals surface area contributed by atoms with E-state index < -0.39 is 5.82 Å². The first-order chi connectivity index (χ1) is 8.20. The van der Waals surface area contributed by atoms with Gasteiger partial charge in [-0.3, -0.25) is 4.90 Å². The lowest BCUT2D eigenvalue weighted by molar-refractivity contribution is 0.136. The Balaban J connectivity index is 2.05. The van der Waals surface area contributed by atoms with Crippen LogP contribution in [0.1, 0.15) is 38.2 Å². The van der Waals surface area contributed by atoms with Gasteiger partial charge in [0.05, 0.1) is 0 Å². The topological polar surface area (TPSA) is 23.5 Å². The molecule has 1 aliphatic heterocycles. The first-order valence-corrected chi connectivity index (χ1v) is 6.42. The lowest BCUT2D eigenvalue weighted by Crippen LogP contribution is -2.38. The first kappa shape index (κ1) is 12.4. The summed E-state index contributed by atoms with van der Waals surface area (Å²) in [6, 6.07) is 5.31. The minimum atomic E-state index is -0.521. The van der Waals surface area contributed by atoms with Crippen molar-refractivity contribution in [2.24, 2.45) is 0 Å². The Morgan fingerprint density at radius 3 is 2.94 bits per heavy atom. The molecule has 0 aromatic heterocycles. The molecule has 1 fully saturated rings. The van der Waals surface area contributed by atoms with E-state index in [1.807, 2.05) is 0 Å². The van der Waals surface area contributed by atoms with Crippen LogP contribution in [0.25, 0.3) is 0 Å². The number of nitrogens with zero attached hydrogens (tertiary/aromatic N) is 1. The molecule has 0 aliphatic carbocycles. The van der Waals surface area contributed by atoms with Crippen LogP contribution in [0.3, 0.4) is 0 Å². The van der Waals surface area contributed by atoms with Gasteiger partial charge >= 0.3 is 0 Å². The Labute approximate surface area is 102 Å². The Morgan fingerprint density at radius 1 is 1.41 bits per heavy atom. The Morgan fingerprint density at radius 2 is 2.24 bits per heavy atom. The summed E-state index contributed by atoms with van der Waals surface area (Å²) in [6.45, 7) is 4.09. The molecule has 0 radical (unpaired) electrons. The van der Waals surface area contributed by atoms with Gasteiger partial charge in [-0.2, -0.15) is 0 Å². The van der Waals surface area contributed by atoms with Crippen molar-refractivity contribution >= 4 is 0 Å². The van der Waals surface area contributed by atoms with Crippen molar-refractivity contribution in [3.05, 3.63) is 29.6 Å². The molecule has 1 aliphatic rings. The molecule has 1 unspecified atom stereocenters. The number of rotatable bonds is 3. The lowest BCUT2D eigenvalue weighted by atomic mass is 9.99. The van der Waals surface area contributed by atoms with E-state index in [-0.39, 0.29) is 5.75 Å². The monoisotopic (exact) mass is 237 g/mol. The Kier molecular flexibility index (Phi) is 4.00. The molecule has 1 atom stereocenters. The second kappa shape index (κ2) is 5.50. The molecule has 0 amide bonds. The summed E-state index contributed by atoms with van der Waals surface area (Å²) in [5, 5.41) is 9.16. The van der Waals surface area contributed by atoms with E-state index >= 15 is 0 Å². The third kappa shape index (κ3) is 2.97. The zero-order valence-corrected chi connectivity index (χ0v) is 10.3. The SMILES string of the molecule is CCC1CCCCN1Cc1ccc(O)c(F)c1. The molecule has 1 N–H and O–H groups in total. The van der Waals surface area contributed by atoms with E-state index in [0.29, 0.717) is 6.04 Å². The Hall–Kier alpha value is -1.09. The summed E-state index contributed by atoms with van der Waals surface area (Å²) in [5.41, 5.74) is 0.945. The van der Waals surface area contributed by atoms with Gasteiger partial charge in [-0.25, -0.2) is 4.39 Å². The van der Waals surface area contributed by atoms with E-state index in [4.69, 9.17) is 5.11 Å². The van der Waals surface area contributed by atoms with E-state index in [9.17, 15) is 4.39 Å². The third-order valence-corrected chi connectivity index (χ3v) is 3.62. The van der Waals surface area contributed by atoms with Crippen LogP contribution in [0.5, 0.6) is 5.75 Å². The van der Waals surface area contributed by atoms with Crippen LogP contribution in [0.2, 0.25) is 0 Å². The molecule has 3 heteroatoms. The van der Waals surface area contributed by atoms with E-state index in [1.54, 1.807) is 6.07 Å². The molecule has 0 spiro atoms. The summed E-state index contributed by atoms with van der Waals surface area (Å²) in [4.78, 5) is 2.43. The van der Waals surface area contributed by atoms with Crippen molar-refractivity contribution in [3.63, 3.8) is 0 Å². The average Bonchev–Trinajstić information content (AvgIpc) is 2.34. The molecule has 1 heterocycles. The first-order valence-electron chi connectivity index (χ1n) is 6.42. The molecule has 1 aromatic carbocycles. The second-order valence-corrected chi connectivity index (χ2v) is 4.81. The maximum Gasteiger partial charge on any atom is 0.165 e. The van der Waals surface area contributed by atoms with Gasteiger partial charge in [-0.15, -0.1) is 0 Å². The van der Waals surface area contributed by atoms with Gasteiger partial charge in [0, 0.05) is 12.6 Å². The van der Waals surface area contributed by atoms with Crippen molar-refractivity contribution < 1.29 is 9.50 Å². The van der Waals surface area contributed by atoms with Crippen LogP contribution < -0.4 is 0 Å². The van der Waals surface area contributed by atoms with Gasteiger partial charge < -0.3 is 5.11 Å². The van der Waals surface area contributed by atoms with E-state index in [0.717, 1.165) is 25.1 Å². The number of halogens is 1. The third-order valence-electron chi connectivity index (χ3n) is 3.62. The quantitative estimate of drug-likeness (QED) is 0.872. The summed E-state index contributed by atoms with van der Waals surface area (Å²) in [6.07, 6.45) is 4.94. The largest absolute Gasteiger partial charge is 0.505 e. The summed E-state index contributed by atoms with van der Waals surface area (Å²) < 4.78 is 13.2. The summed E-state index contributed by atoms with van der Waals surface area (Å²) in [7, 11) is 0. The number of benzene rings is 1. The maximum absolute atomic E-state index is 13.2. The minimum absolute atomic E-state index is 0.264. The van der Waals surface area contributed by atoms with Crippen molar-refractivity contribution in [3.8, 4) is 5.75 Å². The maximum atomic E-state index is 13.2. The van der Waals surface area contributed by atoms with Gasteiger partial charge in [-0.05, 0) is 43.5 Å². The Bertz CT molecular complexity index is 380. The van der Waals surface area contributed by atoms with Crippen molar-refractivity contribution in [2.45, 2.75) is 45.2 Å². The van der Waals surface area contributed by atoms with Gasteiger partial charge in [0.25, 0.3) is 0 Å². The number of phenols is 1. The molecule has 1 aromatic rings. The average molecular weight is 237 g/mol. The van der Waals surface area contributed by atoms with Gasteiger partial charge in [-0.1, -0.05) is 19.4 Å². The fourth-order valence-corrected chi connectivity index (χ4v) is 2.61. The highest BCUT2D eigenvalue weighted by Crippen LogP contribution is 2.23. The smallest absolute Gasteiger partial charge is 0.165 e. The zero-order valence-electron chi connectivity index (χ0n) is 10.3. The van der Waals surface area contributed by atoms with Gasteiger partial charge in [0.1, 0.15) is 0 Å². The number of phenolic OH excluding ortho intramolecular Hbond substituents is 1.